The van der Waals surface area contributed by atoms with E-state index in [1.165, 1.54) is 12.1 Å². The maximum atomic E-state index is 14.0. The third kappa shape index (κ3) is 4.25. The van der Waals surface area contributed by atoms with E-state index in [1.807, 2.05) is 73.0 Å². The van der Waals surface area contributed by atoms with Gasteiger partial charge in [-0.25, -0.2) is 9.37 Å². The Kier molecular flexibility index (Phi) is 5.61. The summed E-state index contributed by atoms with van der Waals surface area (Å²) >= 11 is 0. The molecule has 0 aliphatic carbocycles. The number of fused-ring (bicyclic) bond motifs is 1. The Morgan fingerprint density at radius 2 is 1.83 bits per heavy atom. The predicted octanol–water partition coefficient (Wildman–Crippen LogP) is 5.18. The van der Waals surface area contributed by atoms with Crippen LogP contribution < -0.4 is 5.32 Å². The quantitative estimate of drug-likeness (QED) is 0.484. The first-order valence-electron chi connectivity index (χ1n) is 10.0. The van der Waals surface area contributed by atoms with Crippen LogP contribution in [0.25, 0.3) is 5.65 Å². The summed E-state index contributed by atoms with van der Waals surface area (Å²) in [5, 5.41) is 3.07. The van der Waals surface area contributed by atoms with Gasteiger partial charge in [-0.1, -0.05) is 42.5 Å². The zero-order valence-corrected chi connectivity index (χ0v) is 17.0. The lowest BCUT2D eigenvalue weighted by Gasteiger charge is -2.20. The Hall–Kier alpha value is -3.47. The molecule has 0 spiro atoms. The highest BCUT2D eigenvalue weighted by molar-refractivity contribution is 5.78. The first-order valence-corrected chi connectivity index (χ1v) is 10.0. The SMILES string of the molecule is Cc1ccn2c(C(CC(=O)NC(C)c3ccccc3)c3cccc(F)c3)cnc2c1. The molecule has 0 fully saturated rings. The van der Waals surface area contributed by atoms with Crippen LogP contribution in [0.15, 0.2) is 79.1 Å². The minimum atomic E-state index is -0.319. The molecule has 0 aliphatic heterocycles. The summed E-state index contributed by atoms with van der Waals surface area (Å²) in [5.41, 5.74) is 4.57. The van der Waals surface area contributed by atoms with Gasteiger partial charge in [0.15, 0.2) is 0 Å². The summed E-state index contributed by atoms with van der Waals surface area (Å²) in [6.07, 6.45) is 3.92. The molecule has 4 aromatic rings. The number of amides is 1. The molecule has 0 saturated carbocycles. The van der Waals surface area contributed by atoms with Crippen LogP contribution in [0.3, 0.4) is 0 Å². The average molecular weight is 401 g/mol. The number of carbonyl (C=O) groups is 1. The van der Waals surface area contributed by atoms with Gasteiger partial charge in [0.1, 0.15) is 11.5 Å². The molecule has 5 heteroatoms. The first kappa shape index (κ1) is 19.8. The molecule has 2 aromatic heterocycles. The van der Waals surface area contributed by atoms with Gasteiger partial charge in [-0.2, -0.15) is 0 Å². The zero-order valence-electron chi connectivity index (χ0n) is 17.0. The molecule has 2 atom stereocenters. The van der Waals surface area contributed by atoms with E-state index in [9.17, 15) is 9.18 Å². The fourth-order valence-corrected chi connectivity index (χ4v) is 3.79. The molecule has 152 valence electrons. The van der Waals surface area contributed by atoms with Crippen molar-refractivity contribution >= 4 is 11.6 Å². The highest BCUT2D eigenvalue weighted by atomic mass is 19.1. The molecular weight excluding hydrogens is 377 g/mol. The highest BCUT2D eigenvalue weighted by Crippen LogP contribution is 2.30. The summed E-state index contributed by atoms with van der Waals surface area (Å²) in [6, 6.07) is 20.1. The first-order chi connectivity index (χ1) is 14.5. The van der Waals surface area contributed by atoms with Crippen LogP contribution in [-0.4, -0.2) is 15.3 Å². The lowest BCUT2D eigenvalue weighted by Crippen LogP contribution is -2.28. The van der Waals surface area contributed by atoms with Crippen molar-refractivity contribution in [2.45, 2.75) is 32.2 Å². The van der Waals surface area contributed by atoms with Crippen molar-refractivity contribution < 1.29 is 9.18 Å². The number of aromatic nitrogens is 2. The van der Waals surface area contributed by atoms with Gasteiger partial charge in [-0.05, 0) is 54.8 Å². The van der Waals surface area contributed by atoms with E-state index >= 15 is 0 Å². The van der Waals surface area contributed by atoms with Crippen molar-refractivity contribution in [1.29, 1.82) is 0 Å². The molecule has 2 unspecified atom stereocenters. The fraction of sp³-hybridized carbons (Fsp3) is 0.200. The van der Waals surface area contributed by atoms with Crippen LogP contribution >= 0.6 is 0 Å². The van der Waals surface area contributed by atoms with Crippen molar-refractivity contribution in [2.24, 2.45) is 0 Å². The number of hydrogen-bond acceptors (Lipinski definition) is 2. The van der Waals surface area contributed by atoms with Crippen molar-refractivity contribution in [1.82, 2.24) is 14.7 Å². The molecule has 30 heavy (non-hydrogen) atoms. The average Bonchev–Trinajstić information content (AvgIpc) is 3.15. The maximum Gasteiger partial charge on any atom is 0.221 e. The Labute approximate surface area is 175 Å². The highest BCUT2D eigenvalue weighted by Gasteiger charge is 2.23. The largest absolute Gasteiger partial charge is 0.350 e. The van der Waals surface area contributed by atoms with Crippen LogP contribution in [0.5, 0.6) is 0 Å². The summed E-state index contributed by atoms with van der Waals surface area (Å²) in [6.45, 7) is 3.97. The topological polar surface area (TPSA) is 46.4 Å². The molecule has 0 saturated heterocycles. The number of rotatable bonds is 6. The smallest absolute Gasteiger partial charge is 0.221 e. The van der Waals surface area contributed by atoms with E-state index < -0.39 is 0 Å². The lowest BCUT2D eigenvalue weighted by atomic mass is 9.92. The van der Waals surface area contributed by atoms with Gasteiger partial charge < -0.3 is 9.72 Å². The number of imidazole rings is 1. The van der Waals surface area contributed by atoms with Gasteiger partial charge in [-0.15, -0.1) is 0 Å². The number of pyridine rings is 1. The van der Waals surface area contributed by atoms with Gasteiger partial charge in [0.05, 0.1) is 11.7 Å². The van der Waals surface area contributed by atoms with Gasteiger partial charge in [0, 0.05) is 24.7 Å². The van der Waals surface area contributed by atoms with Crippen LogP contribution in [0.4, 0.5) is 4.39 Å². The molecule has 0 radical (unpaired) electrons. The van der Waals surface area contributed by atoms with Gasteiger partial charge in [0.25, 0.3) is 0 Å². The van der Waals surface area contributed by atoms with Gasteiger partial charge in [0.2, 0.25) is 5.91 Å². The molecule has 0 bridgehead atoms. The number of nitrogens with one attached hydrogen (secondary N) is 1. The van der Waals surface area contributed by atoms with E-state index in [0.29, 0.717) is 0 Å². The second-order valence-corrected chi connectivity index (χ2v) is 7.63. The van der Waals surface area contributed by atoms with Crippen LogP contribution in [-0.2, 0) is 4.79 Å². The van der Waals surface area contributed by atoms with E-state index in [1.54, 1.807) is 12.3 Å². The molecule has 0 aliphatic rings. The second-order valence-electron chi connectivity index (χ2n) is 7.63. The lowest BCUT2D eigenvalue weighted by molar-refractivity contribution is -0.122. The summed E-state index contributed by atoms with van der Waals surface area (Å²) in [4.78, 5) is 17.4. The minimum Gasteiger partial charge on any atom is -0.350 e. The minimum absolute atomic E-state index is 0.0947. The van der Waals surface area contributed by atoms with Crippen molar-refractivity contribution in [3.05, 3.63) is 107 Å². The Morgan fingerprint density at radius 1 is 1.07 bits per heavy atom. The van der Waals surface area contributed by atoms with Crippen LogP contribution in [0, 0.1) is 12.7 Å². The predicted molar refractivity (Wildman–Crippen MR) is 116 cm³/mol. The monoisotopic (exact) mass is 401 g/mol. The number of nitrogens with zero attached hydrogens (tertiary/aromatic N) is 2. The van der Waals surface area contributed by atoms with E-state index in [-0.39, 0.29) is 30.1 Å². The van der Waals surface area contributed by atoms with Crippen LogP contribution in [0.1, 0.15) is 47.7 Å². The number of aryl methyl sites for hydroxylation is 1. The third-order valence-corrected chi connectivity index (χ3v) is 5.37. The molecule has 2 heterocycles. The standard InChI is InChI=1S/C25H24FN3O/c1-17-11-12-29-23(16-27-24(29)13-17)22(20-9-6-10-21(26)14-20)15-25(30)28-18(2)19-7-4-3-5-8-19/h3-14,16,18,22H,15H2,1-2H3,(H,28,30). The summed E-state index contributed by atoms with van der Waals surface area (Å²) in [5.74, 6) is -0.732. The van der Waals surface area contributed by atoms with E-state index in [2.05, 4.69) is 10.3 Å². The molecule has 1 N–H and O–H groups in total. The molecule has 1 amide bonds. The number of hydrogen-bond donors (Lipinski definition) is 1. The fourth-order valence-electron chi connectivity index (χ4n) is 3.79. The Morgan fingerprint density at radius 3 is 2.60 bits per heavy atom. The van der Waals surface area contributed by atoms with Gasteiger partial charge in [-0.3, -0.25) is 4.79 Å². The Balaban J connectivity index is 1.65. The normalized spacial score (nSPS) is 13.2. The summed E-state index contributed by atoms with van der Waals surface area (Å²) in [7, 11) is 0. The third-order valence-electron chi connectivity index (χ3n) is 5.37. The van der Waals surface area contributed by atoms with Crippen molar-refractivity contribution in [2.75, 3.05) is 0 Å². The van der Waals surface area contributed by atoms with Crippen LogP contribution in [0.2, 0.25) is 0 Å². The number of benzene rings is 2. The van der Waals surface area contributed by atoms with Gasteiger partial charge >= 0.3 is 0 Å². The second kappa shape index (κ2) is 8.49. The molecule has 4 nitrogen and oxygen atoms in total. The van der Waals surface area contributed by atoms with Crippen molar-refractivity contribution in [3.8, 4) is 0 Å². The number of carbonyl (C=O) groups excluding carboxylic acids is 1. The molecular formula is C25H24FN3O. The molecule has 2 aromatic carbocycles. The maximum absolute atomic E-state index is 14.0. The van der Waals surface area contributed by atoms with E-state index in [0.717, 1.165) is 28.0 Å². The van der Waals surface area contributed by atoms with E-state index in [4.69, 9.17) is 0 Å². The van der Waals surface area contributed by atoms with Crippen molar-refractivity contribution in [3.63, 3.8) is 0 Å². The number of halogens is 1. The zero-order chi connectivity index (χ0) is 21.1. The molecule has 4 rings (SSSR count). The summed E-state index contributed by atoms with van der Waals surface area (Å²) < 4.78 is 16.0. The Bertz CT molecular complexity index is 1170.